The third-order valence-corrected chi connectivity index (χ3v) is 8.21. The molecule has 2 saturated heterocycles. The van der Waals surface area contributed by atoms with Crippen LogP contribution in [0.2, 0.25) is 0 Å². The fourth-order valence-corrected chi connectivity index (χ4v) is 6.83. The van der Waals surface area contributed by atoms with Crippen LogP contribution in [0.3, 0.4) is 0 Å². The second kappa shape index (κ2) is 14.5. The molecule has 2 aliphatic heterocycles. The van der Waals surface area contributed by atoms with Gasteiger partial charge in [-0.15, -0.1) is 0 Å². The van der Waals surface area contributed by atoms with Gasteiger partial charge in [-0.3, -0.25) is 24.0 Å². The van der Waals surface area contributed by atoms with E-state index in [4.69, 9.17) is 23.7 Å². The molecule has 35 heavy (non-hydrogen) atoms. The Morgan fingerprint density at radius 2 is 1.49 bits per heavy atom. The zero-order valence-electron chi connectivity index (χ0n) is 20.3. The third kappa shape index (κ3) is 10.3. The highest BCUT2D eigenvalue weighted by Crippen LogP contribution is 2.39. The predicted molar refractivity (Wildman–Crippen MR) is 127 cm³/mol. The summed E-state index contributed by atoms with van der Waals surface area (Å²) in [6.45, 7) is 4.28. The summed E-state index contributed by atoms with van der Waals surface area (Å²) in [5.74, 6) is -1.97. The van der Waals surface area contributed by atoms with E-state index in [9.17, 15) is 24.0 Å². The number of hydrogen-bond acceptors (Lipinski definition) is 12. The van der Waals surface area contributed by atoms with E-state index in [1.807, 2.05) is 21.6 Å². The number of carbonyl (C=O) groups is 5. The Labute approximate surface area is 212 Å². The maximum atomic E-state index is 12.7. The van der Waals surface area contributed by atoms with Gasteiger partial charge in [0.1, 0.15) is 12.7 Å². The van der Waals surface area contributed by atoms with E-state index in [2.05, 4.69) is 5.32 Å². The molecule has 1 N–H and O–H groups in total. The van der Waals surface area contributed by atoms with E-state index < -0.39 is 54.5 Å². The Morgan fingerprint density at radius 1 is 0.857 bits per heavy atom. The first-order valence-corrected chi connectivity index (χ1v) is 13.8. The van der Waals surface area contributed by atoms with Gasteiger partial charge in [0, 0.05) is 45.1 Å². The first-order valence-electron chi connectivity index (χ1n) is 11.4. The van der Waals surface area contributed by atoms with Crippen molar-refractivity contribution in [3.05, 3.63) is 0 Å². The van der Waals surface area contributed by atoms with Crippen molar-refractivity contribution in [3.63, 3.8) is 0 Å². The van der Waals surface area contributed by atoms with Gasteiger partial charge in [0.2, 0.25) is 5.91 Å². The molecule has 11 nitrogen and oxygen atoms in total. The van der Waals surface area contributed by atoms with Crippen LogP contribution in [0.1, 0.15) is 59.8 Å². The number of rotatable bonds is 11. The molecule has 2 rings (SSSR count). The lowest BCUT2D eigenvalue weighted by molar-refractivity contribution is -0.257. The second-order valence-electron chi connectivity index (χ2n) is 8.26. The lowest BCUT2D eigenvalue weighted by Gasteiger charge is -2.44. The summed E-state index contributed by atoms with van der Waals surface area (Å²) in [5.41, 5.74) is 0. The zero-order chi connectivity index (χ0) is 26.0. The minimum atomic E-state index is -1.31. The standard InChI is InChI=1S/C22H33NO10S2/c1-12(24)29-11-17-19(30-13(2)25)20(31-14(3)26)21(32-15(4)27)22(33-17)23-18(28)8-6-5-7-16-9-10-34-35-16/h16-17,19-22H,5-11H2,1-4H3,(H,23,28). The zero-order valence-corrected chi connectivity index (χ0v) is 21.9. The highest BCUT2D eigenvalue weighted by atomic mass is 33.1. The van der Waals surface area contributed by atoms with Gasteiger partial charge in [-0.25, -0.2) is 0 Å². The number of unbranched alkanes of at least 4 members (excludes halogenated alkanes) is 1. The summed E-state index contributed by atoms with van der Waals surface area (Å²) in [5, 5.41) is 3.29. The highest BCUT2D eigenvalue weighted by Gasteiger charge is 2.52. The Morgan fingerprint density at radius 3 is 2.06 bits per heavy atom. The van der Waals surface area contributed by atoms with Crippen LogP contribution in [0.4, 0.5) is 0 Å². The first kappa shape index (κ1) is 29.2. The van der Waals surface area contributed by atoms with Gasteiger partial charge in [-0.1, -0.05) is 28.0 Å². The van der Waals surface area contributed by atoms with Crippen molar-refractivity contribution in [1.82, 2.24) is 5.32 Å². The summed E-state index contributed by atoms with van der Waals surface area (Å²) in [6.07, 6.45) is -2.21. The highest BCUT2D eigenvalue weighted by molar-refractivity contribution is 8.77. The molecule has 0 aromatic carbocycles. The topological polar surface area (TPSA) is 144 Å². The lowest BCUT2D eigenvalue weighted by Crippen LogP contribution is -2.66. The van der Waals surface area contributed by atoms with Gasteiger partial charge in [0.05, 0.1) is 0 Å². The minimum Gasteiger partial charge on any atom is -0.463 e. The van der Waals surface area contributed by atoms with Crippen LogP contribution in [0.15, 0.2) is 0 Å². The maximum absolute atomic E-state index is 12.7. The molecule has 0 bridgehead atoms. The first-order chi connectivity index (χ1) is 16.6. The average molecular weight is 536 g/mol. The van der Waals surface area contributed by atoms with Crippen molar-refractivity contribution in [3.8, 4) is 0 Å². The van der Waals surface area contributed by atoms with E-state index in [0.29, 0.717) is 11.7 Å². The van der Waals surface area contributed by atoms with Crippen LogP contribution >= 0.6 is 21.6 Å². The van der Waals surface area contributed by atoms with Crippen molar-refractivity contribution in [2.24, 2.45) is 0 Å². The molecule has 13 heteroatoms. The summed E-state index contributed by atoms with van der Waals surface area (Å²) in [6, 6.07) is 0. The third-order valence-electron chi connectivity index (χ3n) is 5.20. The Balaban J connectivity index is 2.15. The number of esters is 4. The molecule has 0 aliphatic carbocycles. The second-order valence-corrected chi connectivity index (χ2v) is 11.0. The summed E-state index contributed by atoms with van der Waals surface area (Å²) in [4.78, 5) is 59.5. The van der Waals surface area contributed by atoms with Crippen LogP contribution in [-0.2, 0) is 47.7 Å². The smallest absolute Gasteiger partial charge is 0.303 e. The van der Waals surface area contributed by atoms with Crippen molar-refractivity contribution in [2.45, 2.75) is 95.7 Å². The molecular formula is C22H33NO10S2. The van der Waals surface area contributed by atoms with Crippen molar-refractivity contribution in [2.75, 3.05) is 12.4 Å². The maximum Gasteiger partial charge on any atom is 0.303 e. The summed E-state index contributed by atoms with van der Waals surface area (Å²) >= 11 is 0. The molecule has 2 aliphatic rings. The monoisotopic (exact) mass is 535 g/mol. The molecule has 1 amide bonds. The van der Waals surface area contributed by atoms with Crippen LogP contribution in [-0.4, -0.2) is 78.0 Å². The van der Waals surface area contributed by atoms with Gasteiger partial charge in [-0.05, 0) is 19.3 Å². The SMILES string of the molecule is CC(=O)OCC1OC(NC(=O)CCCCC2CCSS2)C(OC(C)=O)C(OC(C)=O)C1OC(C)=O. The number of ether oxygens (including phenoxy) is 5. The summed E-state index contributed by atoms with van der Waals surface area (Å²) < 4.78 is 26.9. The molecule has 0 radical (unpaired) electrons. The van der Waals surface area contributed by atoms with E-state index >= 15 is 0 Å². The number of nitrogens with one attached hydrogen (secondary N) is 1. The normalized spacial score (nSPS) is 28.0. The quantitative estimate of drug-likeness (QED) is 0.179. The fourth-order valence-electron chi connectivity index (χ4n) is 3.80. The number of hydrogen-bond donors (Lipinski definition) is 1. The van der Waals surface area contributed by atoms with Gasteiger partial charge >= 0.3 is 23.9 Å². The summed E-state index contributed by atoms with van der Waals surface area (Å²) in [7, 11) is 3.76. The largest absolute Gasteiger partial charge is 0.463 e. The molecule has 198 valence electrons. The van der Waals surface area contributed by atoms with E-state index in [1.165, 1.54) is 13.3 Å². The van der Waals surface area contributed by atoms with Crippen LogP contribution in [0, 0.1) is 0 Å². The molecule has 0 aromatic rings. The predicted octanol–water partition coefficient (Wildman–Crippen LogP) is 1.90. The van der Waals surface area contributed by atoms with Gasteiger partial charge in [-0.2, -0.15) is 0 Å². The molecular weight excluding hydrogens is 502 g/mol. The molecule has 2 fully saturated rings. The molecule has 0 spiro atoms. The Hall–Kier alpha value is -1.99. The molecule has 0 saturated carbocycles. The molecule has 0 aromatic heterocycles. The van der Waals surface area contributed by atoms with Crippen LogP contribution in [0.25, 0.3) is 0 Å². The molecule has 2 heterocycles. The van der Waals surface area contributed by atoms with Crippen molar-refractivity contribution < 1.29 is 47.7 Å². The number of carbonyl (C=O) groups excluding carboxylic acids is 5. The van der Waals surface area contributed by atoms with Crippen LogP contribution in [0.5, 0.6) is 0 Å². The van der Waals surface area contributed by atoms with E-state index in [0.717, 1.165) is 39.4 Å². The van der Waals surface area contributed by atoms with E-state index in [1.54, 1.807) is 0 Å². The van der Waals surface area contributed by atoms with Crippen molar-refractivity contribution in [1.29, 1.82) is 0 Å². The minimum absolute atomic E-state index is 0.220. The van der Waals surface area contributed by atoms with Gasteiger partial charge in [0.25, 0.3) is 0 Å². The van der Waals surface area contributed by atoms with Crippen LogP contribution < -0.4 is 5.32 Å². The average Bonchev–Trinajstić information content (AvgIpc) is 3.26. The molecule has 6 atom stereocenters. The Bertz CT molecular complexity index is 773. The molecule has 6 unspecified atom stereocenters. The van der Waals surface area contributed by atoms with Gasteiger partial charge < -0.3 is 29.0 Å². The Kier molecular flexibility index (Phi) is 12.1. The fraction of sp³-hybridized carbons (Fsp3) is 0.773. The lowest BCUT2D eigenvalue weighted by atomic mass is 9.97. The van der Waals surface area contributed by atoms with Gasteiger partial charge in [0.15, 0.2) is 24.5 Å². The van der Waals surface area contributed by atoms with Crippen molar-refractivity contribution >= 4 is 51.4 Å². The number of amides is 1. The van der Waals surface area contributed by atoms with E-state index in [-0.39, 0.29) is 18.9 Å².